The Hall–Kier alpha value is -0.730. The lowest BCUT2D eigenvalue weighted by atomic mass is 10.3. The van der Waals surface area contributed by atoms with Crippen molar-refractivity contribution in [3.8, 4) is 0 Å². The van der Waals surface area contributed by atoms with Crippen molar-refractivity contribution in [3.63, 3.8) is 0 Å². The SMILES string of the molecule is CCCN(CC1CC1)C(=O)NC(C)C. The molecule has 0 aromatic heterocycles. The van der Waals surface area contributed by atoms with Gasteiger partial charge in [0.15, 0.2) is 0 Å². The van der Waals surface area contributed by atoms with Crippen LogP contribution < -0.4 is 5.32 Å². The van der Waals surface area contributed by atoms with E-state index in [0.717, 1.165) is 25.4 Å². The van der Waals surface area contributed by atoms with Gasteiger partial charge in [0.2, 0.25) is 0 Å². The molecular weight excluding hydrogens is 176 g/mol. The molecule has 0 saturated heterocycles. The van der Waals surface area contributed by atoms with E-state index in [1.165, 1.54) is 12.8 Å². The Balaban J connectivity index is 2.34. The largest absolute Gasteiger partial charge is 0.336 e. The monoisotopic (exact) mass is 198 g/mol. The number of carbonyl (C=O) groups excluding carboxylic acids is 1. The molecule has 1 aliphatic rings. The third-order valence-electron chi connectivity index (χ3n) is 2.37. The van der Waals surface area contributed by atoms with Crippen molar-refractivity contribution in [2.24, 2.45) is 5.92 Å². The van der Waals surface area contributed by atoms with Crippen molar-refractivity contribution >= 4 is 6.03 Å². The standard InChI is InChI=1S/C11H22N2O/c1-4-7-13(8-10-5-6-10)11(14)12-9(2)3/h9-10H,4-8H2,1-3H3,(H,12,14). The first-order chi connectivity index (χ1) is 6.63. The van der Waals surface area contributed by atoms with Gasteiger partial charge in [-0.2, -0.15) is 0 Å². The van der Waals surface area contributed by atoms with Crippen molar-refractivity contribution in [3.05, 3.63) is 0 Å². The van der Waals surface area contributed by atoms with Crippen molar-refractivity contribution in [1.29, 1.82) is 0 Å². The average molecular weight is 198 g/mol. The Morgan fingerprint density at radius 3 is 2.57 bits per heavy atom. The van der Waals surface area contributed by atoms with Gasteiger partial charge in [0, 0.05) is 19.1 Å². The van der Waals surface area contributed by atoms with Gasteiger partial charge in [0.25, 0.3) is 0 Å². The lowest BCUT2D eigenvalue weighted by Crippen LogP contribution is -2.44. The zero-order valence-corrected chi connectivity index (χ0v) is 9.55. The van der Waals surface area contributed by atoms with Gasteiger partial charge >= 0.3 is 6.03 Å². The molecule has 1 saturated carbocycles. The van der Waals surface area contributed by atoms with Crippen LogP contribution in [0.15, 0.2) is 0 Å². The van der Waals surface area contributed by atoms with E-state index in [1.807, 2.05) is 18.7 Å². The van der Waals surface area contributed by atoms with E-state index in [4.69, 9.17) is 0 Å². The van der Waals surface area contributed by atoms with Crippen molar-refractivity contribution < 1.29 is 4.79 Å². The van der Waals surface area contributed by atoms with Crippen LogP contribution in [0.5, 0.6) is 0 Å². The summed E-state index contributed by atoms with van der Waals surface area (Å²) in [6, 6.07) is 0.342. The molecule has 3 heteroatoms. The summed E-state index contributed by atoms with van der Waals surface area (Å²) >= 11 is 0. The molecule has 1 N–H and O–H groups in total. The number of hydrogen-bond donors (Lipinski definition) is 1. The second kappa shape index (κ2) is 5.23. The Labute approximate surface area is 86.9 Å². The summed E-state index contributed by atoms with van der Waals surface area (Å²) in [6.45, 7) is 7.95. The fraction of sp³-hybridized carbons (Fsp3) is 0.909. The predicted octanol–water partition coefficient (Wildman–Crippen LogP) is 2.23. The second-order valence-corrected chi connectivity index (χ2v) is 4.49. The van der Waals surface area contributed by atoms with Crippen LogP contribution in [0.25, 0.3) is 0 Å². The molecule has 0 bridgehead atoms. The minimum absolute atomic E-state index is 0.105. The average Bonchev–Trinajstić information content (AvgIpc) is 2.86. The van der Waals surface area contributed by atoms with Crippen molar-refractivity contribution in [2.75, 3.05) is 13.1 Å². The number of nitrogens with one attached hydrogen (secondary N) is 1. The molecular formula is C11H22N2O. The van der Waals surface area contributed by atoms with Crippen LogP contribution in [-0.4, -0.2) is 30.1 Å². The second-order valence-electron chi connectivity index (χ2n) is 4.49. The highest BCUT2D eigenvalue weighted by Gasteiger charge is 2.26. The maximum Gasteiger partial charge on any atom is 0.317 e. The third-order valence-corrected chi connectivity index (χ3v) is 2.37. The highest BCUT2D eigenvalue weighted by molar-refractivity contribution is 5.74. The van der Waals surface area contributed by atoms with E-state index in [9.17, 15) is 4.79 Å². The Morgan fingerprint density at radius 1 is 1.50 bits per heavy atom. The zero-order valence-electron chi connectivity index (χ0n) is 9.55. The summed E-state index contributed by atoms with van der Waals surface area (Å²) in [5, 5.41) is 2.95. The number of hydrogen-bond acceptors (Lipinski definition) is 1. The molecule has 0 atom stereocenters. The van der Waals surface area contributed by atoms with Crippen LogP contribution in [-0.2, 0) is 0 Å². The predicted molar refractivity (Wildman–Crippen MR) is 58.3 cm³/mol. The highest BCUT2D eigenvalue weighted by atomic mass is 16.2. The normalized spacial score (nSPS) is 15.7. The van der Waals surface area contributed by atoms with Crippen LogP contribution in [0.1, 0.15) is 40.0 Å². The maximum atomic E-state index is 11.7. The van der Waals surface area contributed by atoms with Crippen molar-refractivity contribution in [2.45, 2.75) is 46.1 Å². The molecule has 0 aliphatic heterocycles. The number of rotatable bonds is 5. The summed E-state index contributed by atoms with van der Waals surface area (Å²) in [6.07, 6.45) is 3.64. The van der Waals surface area contributed by atoms with Gasteiger partial charge in [-0.3, -0.25) is 0 Å². The lowest BCUT2D eigenvalue weighted by molar-refractivity contribution is 0.192. The smallest absolute Gasteiger partial charge is 0.317 e. The molecule has 2 amide bonds. The van der Waals surface area contributed by atoms with Gasteiger partial charge in [0.1, 0.15) is 0 Å². The molecule has 0 spiro atoms. The van der Waals surface area contributed by atoms with E-state index < -0.39 is 0 Å². The van der Waals surface area contributed by atoms with Gasteiger partial charge in [-0.15, -0.1) is 0 Å². The highest BCUT2D eigenvalue weighted by Crippen LogP contribution is 2.29. The number of nitrogens with zero attached hydrogens (tertiary/aromatic N) is 1. The Bertz CT molecular complexity index is 188. The van der Waals surface area contributed by atoms with E-state index in [2.05, 4.69) is 12.2 Å². The topological polar surface area (TPSA) is 32.3 Å². The summed E-state index contributed by atoms with van der Waals surface area (Å²) in [5.41, 5.74) is 0. The van der Waals surface area contributed by atoms with Crippen LogP contribution in [0.2, 0.25) is 0 Å². The van der Waals surface area contributed by atoms with Gasteiger partial charge in [0.05, 0.1) is 0 Å². The fourth-order valence-electron chi connectivity index (χ4n) is 1.50. The van der Waals surface area contributed by atoms with Crippen LogP contribution in [0.4, 0.5) is 4.79 Å². The Morgan fingerprint density at radius 2 is 2.14 bits per heavy atom. The third kappa shape index (κ3) is 3.99. The fourth-order valence-corrected chi connectivity index (χ4v) is 1.50. The van der Waals surface area contributed by atoms with Crippen LogP contribution >= 0.6 is 0 Å². The number of urea groups is 1. The molecule has 0 unspecified atom stereocenters. The minimum Gasteiger partial charge on any atom is -0.336 e. The molecule has 0 aromatic rings. The Kier molecular flexibility index (Phi) is 4.23. The maximum absolute atomic E-state index is 11.7. The molecule has 82 valence electrons. The molecule has 0 heterocycles. The molecule has 3 nitrogen and oxygen atoms in total. The summed E-state index contributed by atoms with van der Waals surface area (Å²) < 4.78 is 0. The van der Waals surface area contributed by atoms with Gasteiger partial charge in [-0.1, -0.05) is 6.92 Å². The van der Waals surface area contributed by atoms with Gasteiger partial charge in [-0.05, 0) is 39.0 Å². The van der Waals surface area contributed by atoms with E-state index in [1.54, 1.807) is 0 Å². The first-order valence-electron chi connectivity index (χ1n) is 5.69. The number of amides is 2. The first-order valence-corrected chi connectivity index (χ1v) is 5.69. The summed E-state index contributed by atoms with van der Waals surface area (Å²) in [4.78, 5) is 13.7. The summed E-state index contributed by atoms with van der Waals surface area (Å²) in [7, 11) is 0. The molecule has 14 heavy (non-hydrogen) atoms. The van der Waals surface area contributed by atoms with Crippen LogP contribution in [0, 0.1) is 5.92 Å². The van der Waals surface area contributed by atoms with Crippen LogP contribution in [0.3, 0.4) is 0 Å². The molecule has 1 aliphatic carbocycles. The van der Waals surface area contributed by atoms with E-state index in [-0.39, 0.29) is 12.1 Å². The first kappa shape index (κ1) is 11.3. The van der Waals surface area contributed by atoms with E-state index in [0.29, 0.717) is 0 Å². The summed E-state index contributed by atoms with van der Waals surface area (Å²) in [5.74, 6) is 0.777. The molecule has 1 fully saturated rings. The lowest BCUT2D eigenvalue weighted by Gasteiger charge is -2.23. The minimum atomic E-state index is 0.105. The molecule has 0 radical (unpaired) electrons. The molecule has 0 aromatic carbocycles. The quantitative estimate of drug-likeness (QED) is 0.722. The van der Waals surface area contributed by atoms with Gasteiger partial charge in [-0.25, -0.2) is 4.79 Å². The molecule has 1 rings (SSSR count). The van der Waals surface area contributed by atoms with E-state index >= 15 is 0 Å². The number of carbonyl (C=O) groups is 1. The van der Waals surface area contributed by atoms with Crippen molar-refractivity contribution in [1.82, 2.24) is 10.2 Å². The van der Waals surface area contributed by atoms with Gasteiger partial charge < -0.3 is 10.2 Å². The zero-order chi connectivity index (χ0) is 10.6.